The standard InChI is InChI=1S/C26H30N2O8/c1-13-9-18-22(17(27-28-18)5-3-15-4-6-19-16(11-15)7-8-33-19)20(10-13)35-26-25(32)24(31)23(30)21(36-26)12-34-14(2)29/h4,6,9-11,21,23-26,30-32H,3,5,7-8,12H2,1-2H3,(H,27,28). The topological polar surface area (TPSA) is 143 Å². The molecule has 2 aliphatic heterocycles. The average Bonchev–Trinajstić information content (AvgIpc) is 3.48. The van der Waals surface area contributed by atoms with Crippen LogP contribution in [0.25, 0.3) is 10.9 Å². The number of aliphatic hydroxyl groups is 3. The number of esters is 1. The van der Waals surface area contributed by atoms with Gasteiger partial charge in [-0.2, -0.15) is 5.10 Å². The summed E-state index contributed by atoms with van der Waals surface area (Å²) in [6.07, 6.45) is -4.52. The van der Waals surface area contributed by atoms with Gasteiger partial charge in [-0.25, -0.2) is 0 Å². The summed E-state index contributed by atoms with van der Waals surface area (Å²) in [4.78, 5) is 11.2. The van der Waals surface area contributed by atoms with Crippen molar-refractivity contribution in [3.63, 3.8) is 0 Å². The second-order valence-corrected chi connectivity index (χ2v) is 9.34. The summed E-state index contributed by atoms with van der Waals surface area (Å²) in [6.45, 7) is 3.56. The van der Waals surface area contributed by atoms with Crippen molar-refractivity contribution >= 4 is 16.9 Å². The second-order valence-electron chi connectivity index (χ2n) is 9.34. The predicted octanol–water partition coefficient (Wildman–Crippen LogP) is 1.34. The van der Waals surface area contributed by atoms with Gasteiger partial charge < -0.3 is 34.3 Å². The Balaban J connectivity index is 1.38. The number of aromatic amines is 1. The van der Waals surface area contributed by atoms with E-state index in [2.05, 4.69) is 22.3 Å². The SMILES string of the molecule is CC(=O)OCC1OC(Oc2cc(C)cc3n[nH]c(CCc4ccc5c(c4)CCO5)c23)C(O)C(O)C1O. The molecule has 10 nitrogen and oxygen atoms in total. The summed E-state index contributed by atoms with van der Waals surface area (Å²) in [5, 5.41) is 39.5. The van der Waals surface area contributed by atoms with Gasteiger partial charge in [-0.3, -0.25) is 9.89 Å². The maximum absolute atomic E-state index is 11.2. The van der Waals surface area contributed by atoms with Gasteiger partial charge in [0.05, 0.1) is 17.5 Å². The first-order chi connectivity index (χ1) is 17.3. The first-order valence-corrected chi connectivity index (χ1v) is 12.0. The molecule has 3 heterocycles. The van der Waals surface area contributed by atoms with Crippen LogP contribution in [0.1, 0.15) is 29.3 Å². The number of nitrogens with zero attached hydrogens (tertiary/aromatic N) is 1. The van der Waals surface area contributed by atoms with Crippen molar-refractivity contribution in [3.05, 3.63) is 52.7 Å². The number of hydrogen-bond donors (Lipinski definition) is 4. The fourth-order valence-corrected chi connectivity index (χ4v) is 4.72. The molecule has 2 aromatic carbocycles. The smallest absolute Gasteiger partial charge is 0.302 e. The summed E-state index contributed by atoms with van der Waals surface area (Å²) in [5.74, 6) is 0.820. The van der Waals surface area contributed by atoms with Crippen molar-refractivity contribution in [2.45, 2.75) is 63.8 Å². The Bertz CT molecular complexity index is 1260. The third-order valence-corrected chi connectivity index (χ3v) is 6.62. The number of aryl methyl sites for hydroxylation is 3. The van der Waals surface area contributed by atoms with E-state index in [9.17, 15) is 20.1 Å². The van der Waals surface area contributed by atoms with E-state index >= 15 is 0 Å². The number of benzene rings is 2. The van der Waals surface area contributed by atoms with Gasteiger partial charge in [0, 0.05) is 19.0 Å². The van der Waals surface area contributed by atoms with E-state index in [0.29, 0.717) is 24.3 Å². The minimum absolute atomic E-state index is 0.286. The number of carbonyl (C=O) groups excluding carboxylic acids is 1. The third-order valence-electron chi connectivity index (χ3n) is 6.62. The molecule has 3 aromatic rings. The normalized spacial score (nSPS) is 25.4. The highest BCUT2D eigenvalue weighted by atomic mass is 16.7. The Kier molecular flexibility index (Phi) is 6.85. The van der Waals surface area contributed by atoms with Crippen LogP contribution in [-0.4, -0.2) is 75.4 Å². The van der Waals surface area contributed by atoms with E-state index in [4.69, 9.17) is 18.9 Å². The molecule has 0 aliphatic carbocycles. The summed E-state index contributed by atoms with van der Waals surface area (Å²) in [5.41, 5.74) is 4.85. The van der Waals surface area contributed by atoms with Crippen LogP contribution in [0.3, 0.4) is 0 Å². The number of fused-ring (bicyclic) bond motifs is 2. The lowest BCUT2D eigenvalue weighted by molar-refractivity contribution is -0.278. The number of nitrogens with one attached hydrogen (secondary N) is 1. The van der Waals surface area contributed by atoms with Crippen molar-refractivity contribution in [2.24, 2.45) is 0 Å². The number of aliphatic hydroxyl groups excluding tert-OH is 3. The van der Waals surface area contributed by atoms with Crippen LogP contribution in [0.15, 0.2) is 30.3 Å². The monoisotopic (exact) mass is 498 g/mol. The zero-order valence-electron chi connectivity index (χ0n) is 20.1. The first-order valence-electron chi connectivity index (χ1n) is 12.0. The van der Waals surface area contributed by atoms with Gasteiger partial charge in [0.25, 0.3) is 0 Å². The Morgan fingerprint density at radius 1 is 1.14 bits per heavy atom. The number of aromatic nitrogens is 2. The van der Waals surface area contributed by atoms with Crippen molar-refractivity contribution in [2.75, 3.05) is 13.2 Å². The van der Waals surface area contributed by atoms with Crippen LogP contribution in [-0.2, 0) is 33.5 Å². The van der Waals surface area contributed by atoms with E-state index in [0.717, 1.165) is 35.2 Å². The van der Waals surface area contributed by atoms with Crippen molar-refractivity contribution in [1.29, 1.82) is 0 Å². The predicted molar refractivity (Wildman–Crippen MR) is 128 cm³/mol. The minimum atomic E-state index is -1.54. The molecule has 1 saturated heterocycles. The molecule has 1 aromatic heterocycles. The quantitative estimate of drug-likeness (QED) is 0.355. The molecule has 0 spiro atoms. The van der Waals surface area contributed by atoms with Crippen LogP contribution < -0.4 is 9.47 Å². The lowest BCUT2D eigenvalue weighted by atomic mass is 9.99. The van der Waals surface area contributed by atoms with E-state index in [1.807, 2.05) is 25.1 Å². The molecule has 0 amide bonds. The summed E-state index contributed by atoms with van der Waals surface area (Å²) in [6, 6.07) is 9.98. The Morgan fingerprint density at radius 3 is 2.78 bits per heavy atom. The Morgan fingerprint density at radius 2 is 1.97 bits per heavy atom. The molecular formula is C26H30N2O8. The molecule has 2 aliphatic rings. The molecule has 10 heteroatoms. The van der Waals surface area contributed by atoms with Gasteiger partial charge >= 0.3 is 5.97 Å². The number of ether oxygens (including phenoxy) is 4. The molecule has 5 atom stereocenters. The highest BCUT2D eigenvalue weighted by Gasteiger charge is 2.45. The maximum Gasteiger partial charge on any atom is 0.302 e. The molecule has 1 fully saturated rings. The fraction of sp³-hybridized carbons (Fsp3) is 0.462. The molecule has 4 N–H and O–H groups in total. The number of H-pyrrole nitrogens is 1. The van der Waals surface area contributed by atoms with Crippen molar-refractivity contribution < 1.29 is 39.1 Å². The van der Waals surface area contributed by atoms with Crippen LogP contribution in [0, 0.1) is 6.92 Å². The van der Waals surface area contributed by atoms with E-state index in [1.54, 1.807) is 0 Å². The Hall–Kier alpha value is -3.18. The lowest BCUT2D eigenvalue weighted by Crippen LogP contribution is -2.60. The van der Waals surface area contributed by atoms with Gasteiger partial charge in [-0.05, 0) is 54.7 Å². The number of rotatable bonds is 7. The van der Waals surface area contributed by atoms with Crippen molar-refractivity contribution in [1.82, 2.24) is 10.2 Å². The highest BCUT2D eigenvalue weighted by Crippen LogP contribution is 2.33. The molecular weight excluding hydrogens is 468 g/mol. The van der Waals surface area contributed by atoms with E-state index < -0.39 is 36.7 Å². The molecule has 5 rings (SSSR count). The number of hydrogen-bond acceptors (Lipinski definition) is 9. The summed E-state index contributed by atoms with van der Waals surface area (Å²) < 4.78 is 22.3. The molecule has 36 heavy (non-hydrogen) atoms. The van der Waals surface area contributed by atoms with Gasteiger partial charge in [-0.15, -0.1) is 0 Å². The third kappa shape index (κ3) is 4.90. The largest absolute Gasteiger partial charge is 0.493 e. The van der Waals surface area contributed by atoms with E-state index in [-0.39, 0.29) is 6.61 Å². The van der Waals surface area contributed by atoms with Crippen LogP contribution >= 0.6 is 0 Å². The Labute approximate surface area is 207 Å². The summed E-state index contributed by atoms with van der Waals surface area (Å²) in [7, 11) is 0. The molecule has 5 unspecified atom stereocenters. The first kappa shape index (κ1) is 24.5. The van der Waals surface area contributed by atoms with Gasteiger partial charge in [0.2, 0.25) is 6.29 Å². The zero-order valence-corrected chi connectivity index (χ0v) is 20.1. The van der Waals surface area contributed by atoms with Gasteiger partial charge in [-0.1, -0.05) is 12.1 Å². The summed E-state index contributed by atoms with van der Waals surface area (Å²) >= 11 is 0. The van der Waals surface area contributed by atoms with Gasteiger partial charge in [0.15, 0.2) is 0 Å². The van der Waals surface area contributed by atoms with E-state index in [1.165, 1.54) is 18.1 Å². The lowest BCUT2D eigenvalue weighted by Gasteiger charge is -2.40. The molecule has 0 radical (unpaired) electrons. The van der Waals surface area contributed by atoms with Crippen LogP contribution in [0.2, 0.25) is 0 Å². The fourth-order valence-electron chi connectivity index (χ4n) is 4.72. The molecule has 192 valence electrons. The maximum atomic E-state index is 11.2. The van der Waals surface area contributed by atoms with Crippen LogP contribution in [0.5, 0.6) is 11.5 Å². The zero-order chi connectivity index (χ0) is 25.4. The molecule has 0 bridgehead atoms. The molecule has 0 saturated carbocycles. The minimum Gasteiger partial charge on any atom is -0.493 e. The van der Waals surface area contributed by atoms with Crippen molar-refractivity contribution in [3.8, 4) is 11.5 Å². The van der Waals surface area contributed by atoms with Gasteiger partial charge in [0.1, 0.15) is 42.5 Å². The highest BCUT2D eigenvalue weighted by molar-refractivity contribution is 5.88. The number of carbonyl (C=O) groups is 1. The van der Waals surface area contributed by atoms with Crippen LogP contribution in [0.4, 0.5) is 0 Å². The second kappa shape index (κ2) is 10.1. The average molecular weight is 499 g/mol.